The Labute approximate surface area is 171 Å². The fourth-order valence-corrected chi connectivity index (χ4v) is 3.67. The lowest BCUT2D eigenvalue weighted by Gasteiger charge is -2.33. The van der Waals surface area contributed by atoms with Gasteiger partial charge in [0.15, 0.2) is 5.41 Å². The van der Waals surface area contributed by atoms with Gasteiger partial charge in [-0.3, -0.25) is 4.90 Å². The molecule has 4 rings (SSSR count). The highest BCUT2D eigenvalue weighted by atomic mass is 19.4. The summed E-state index contributed by atoms with van der Waals surface area (Å²) in [5, 5.41) is 11.7. The summed E-state index contributed by atoms with van der Waals surface area (Å²) in [6.07, 6.45) is -11.9. The van der Waals surface area contributed by atoms with Crippen LogP contribution >= 0.6 is 0 Å². The molecule has 12 heteroatoms. The highest BCUT2D eigenvalue weighted by Gasteiger charge is 2.72. The Balaban J connectivity index is 1.56. The number of aromatic nitrogens is 3. The Morgan fingerprint density at radius 3 is 2.32 bits per heavy atom. The Morgan fingerprint density at radius 1 is 1.03 bits per heavy atom. The lowest BCUT2D eigenvalue weighted by Crippen LogP contribution is -2.51. The molecular formula is C19H16F6N4O2. The van der Waals surface area contributed by atoms with Crippen molar-refractivity contribution in [1.82, 2.24) is 20.3 Å². The molecule has 6 nitrogen and oxygen atoms in total. The average molecular weight is 446 g/mol. The molecule has 0 N–H and O–H groups in total. The maximum absolute atomic E-state index is 13.2. The fraction of sp³-hybridized carbons (Fsp3) is 0.421. The van der Waals surface area contributed by atoms with Crippen LogP contribution in [-0.4, -0.2) is 45.7 Å². The minimum atomic E-state index is -5.41. The first-order chi connectivity index (χ1) is 14.5. The molecule has 3 heterocycles. The van der Waals surface area contributed by atoms with Crippen molar-refractivity contribution in [2.75, 3.05) is 13.1 Å². The van der Waals surface area contributed by atoms with E-state index in [1.54, 1.807) is 31.2 Å². The second kappa shape index (κ2) is 7.36. The van der Waals surface area contributed by atoms with Crippen molar-refractivity contribution in [3.05, 3.63) is 42.0 Å². The molecule has 2 aromatic heterocycles. The second-order valence-corrected chi connectivity index (χ2v) is 7.37. The Bertz CT molecular complexity index is 1040. The molecule has 0 spiro atoms. The minimum Gasteiger partial charge on any atom is -0.419 e. The van der Waals surface area contributed by atoms with Gasteiger partial charge in [-0.2, -0.15) is 26.3 Å². The quantitative estimate of drug-likeness (QED) is 0.525. The summed E-state index contributed by atoms with van der Waals surface area (Å²) < 4.78 is 90.2. The first kappa shape index (κ1) is 21.3. The van der Waals surface area contributed by atoms with Crippen molar-refractivity contribution >= 4 is 0 Å². The normalized spacial score (nSPS) is 17.4. The maximum atomic E-state index is 13.2. The molecule has 1 aliphatic rings. The van der Waals surface area contributed by atoms with Gasteiger partial charge in [-0.15, -0.1) is 10.2 Å². The van der Waals surface area contributed by atoms with Crippen LogP contribution in [-0.2, 0) is 6.54 Å². The van der Waals surface area contributed by atoms with Crippen LogP contribution in [0.3, 0.4) is 0 Å². The van der Waals surface area contributed by atoms with Crippen LogP contribution in [0.2, 0.25) is 0 Å². The third-order valence-electron chi connectivity index (χ3n) is 5.38. The zero-order chi connectivity index (χ0) is 22.4. The van der Waals surface area contributed by atoms with Gasteiger partial charge >= 0.3 is 12.4 Å². The van der Waals surface area contributed by atoms with Crippen LogP contribution in [0.5, 0.6) is 0 Å². The monoisotopic (exact) mass is 446 g/mol. The molecule has 31 heavy (non-hydrogen) atoms. The van der Waals surface area contributed by atoms with Gasteiger partial charge < -0.3 is 8.94 Å². The molecule has 0 atom stereocenters. The zero-order valence-electron chi connectivity index (χ0n) is 16.1. The van der Waals surface area contributed by atoms with Gasteiger partial charge in [0.2, 0.25) is 5.89 Å². The molecule has 1 saturated heterocycles. The van der Waals surface area contributed by atoms with Gasteiger partial charge in [0.25, 0.3) is 5.89 Å². The van der Waals surface area contributed by atoms with Crippen LogP contribution in [0.4, 0.5) is 26.3 Å². The number of nitrogens with zero attached hydrogens (tertiary/aromatic N) is 4. The van der Waals surface area contributed by atoms with Crippen LogP contribution in [0, 0.1) is 12.3 Å². The number of halogens is 6. The number of alkyl halides is 6. The van der Waals surface area contributed by atoms with Crippen LogP contribution < -0.4 is 0 Å². The zero-order valence-corrected chi connectivity index (χ0v) is 16.1. The van der Waals surface area contributed by atoms with E-state index in [1.807, 2.05) is 6.07 Å². The first-order valence-corrected chi connectivity index (χ1v) is 9.22. The lowest BCUT2D eigenvalue weighted by atomic mass is 9.85. The number of rotatable bonds is 4. The summed E-state index contributed by atoms with van der Waals surface area (Å²) in [6, 6.07) is 8.98. The molecule has 0 aliphatic carbocycles. The van der Waals surface area contributed by atoms with Gasteiger partial charge in [-0.05, 0) is 19.9 Å². The van der Waals surface area contributed by atoms with Crippen LogP contribution in [0.1, 0.15) is 18.1 Å². The summed E-state index contributed by atoms with van der Waals surface area (Å²) in [6.45, 7) is -0.344. The third-order valence-corrected chi connectivity index (χ3v) is 5.38. The molecule has 3 aromatic rings. The van der Waals surface area contributed by atoms with Crippen molar-refractivity contribution in [2.24, 2.45) is 5.41 Å². The number of benzene rings is 1. The number of aryl methyl sites for hydroxylation is 1. The summed E-state index contributed by atoms with van der Waals surface area (Å²) in [5.74, 6) is 0.294. The standard InChI is InChI=1S/C19H16F6N4O2/c1-11-14(15(28-31-11)12-5-3-2-4-6-12)16-27-26-13(30-16)9-29-8-7-17(10-29,18(20,21)22)19(23,24)25/h2-6H,7-10H2,1H3. The van der Waals surface area contributed by atoms with Gasteiger partial charge in [-0.25, -0.2) is 0 Å². The molecule has 1 aromatic carbocycles. The highest BCUT2D eigenvalue weighted by Crippen LogP contribution is 2.55. The van der Waals surface area contributed by atoms with Crippen molar-refractivity contribution in [3.63, 3.8) is 0 Å². The van der Waals surface area contributed by atoms with Crippen molar-refractivity contribution in [3.8, 4) is 22.7 Å². The molecule has 0 amide bonds. The van der Waals surface area contributed by atoms with Gasteiger partial charge in [0, 0.05) is 12.1 Å². The third kappa shape index (κ3) is 3.68. The van der Waals surface area contributed by atoms with E-state index < -0.39 is 37.3 Å². The molecular weight excluding hydrogens is 430 g/mol. The summed E-state index contributed by atoms with van der Waals surface area (Å²) in [4.78, 5) is 1.01. The van der Waals surface area contributed by atoms with Gasteiger partial charge in [0.1, 0.15) is 17.0 Å². The Morgan fingerprint density at radius 2 is 1.71 bits per heavy atom. The second-order valence-electron chi connectivity index (χ2n) is 7.37. The highest BCUT2D eigenvalue weighted by molar-refractivity contribution is 5.77. The van der Waals surface area contributed by atoms with Gasteiger partial charge in [-0.1, -0.05) is 35.5 Å². The van der Waals surface area contributed by atoms with E-state index in [0.29, 0.717) is 22.6 Å². The first-order valence-electron chi connectivity index (χ1n) is 9.22. The summed E-state index contributed by atoms with van der Waals surface area (Å²) in [5.41, 5.74) is -2.21. The number of hydrogen-bond acceptors (Lipinski definition) is 6. The van der Waals surface area contributed by atoms with Gasteiger partial charge in [0.05, 0.1) is 6.54 Å². The van der Waals surface area contributed by atoms with Crippen molar-refractivity contribution in [2.45, 2.75) is 32.2 Å². The maximum Gasteiger partial charge on any atom is 0.404 e. The number of likely N-dealkylation sites (tertiary alicyclic amines) is 1. The molecule has 166 valence electrons. The lowest BCUT2D eigenvalue weighted by molar-refractivity contribution is -0.335. The van der Waals surface area contributed by atoms with Crippen molar-refractivity contribution in [1.29, 1.82) is 0 Å². The minimum absolute atomic E-state index is 0.0182. The topological polar surface area (TPSA) is 68.2 Å². The molecule has 1 fully saturated rings. The predicted molar refractivity (Wildman–Crippen MR) is 94.4 cm³/mol. The van der Waals surface area contributed by atoms with Crippen molar-refractivity contribution < 1.29 is 35.3 Å². The molecule has 0 unspecified atom stereocenters. The summed E-state index contributed by atoms with van der Waals surface area (Å²) in [7, 11) is 0. The molecule has 0 saturated carbocycles. The van der Waals surface area contributed by atoms with E-state index in [9.17, 15) is 26.3 Å². The van der Waals surface area contributed by atoms with E-state index >= 15 is 0 Å². The predicted octanol–water partition coefficient (Wildman–Crippen LogP) is 5.02. The average Bonchev–Trinajstić information content (AvgIpc) is 3.40. The van der Waals surface area contributed by atoms with Crippen LogP contribution in [0.25, 0.3) is 22.7 Å². The summed E-state index contributed by atoms with van der Waals surface area (Å²) >= 11 is 0. The Hall–Kier alpha value is -2.89. The van der Waals surface area contributed by atoms with E-state index in [4.69, 9.17) is 8.94 Å². The van der Waals surface area contributed by atoms with E-state index in [-0.39, 0.29) is 18.3 Å². The SMILES string of the molecule is Cc1onc(-c2ccccc2)c1-c1nnc(CN2CCC(C(F)(F)F)(C(F)(F)F)C2)o1. The Kier molecular flexibility index (Phi) is 5.07. The largest absolute Gasteiger partial charge is 0.419 e. The fourth-order valence-electron chi connectivity index (χ4n) is 3.67. The molecule has 0 radical (unpaired) electrons. The smallest absolute Gasteiger partial charge is 0.404 e. The van der Waals surface area contributed by atoms with E-state index in [0.717, 1.165) is 4.90 Å². The molecule has 0 bridgehead atoms. The van der Waals surface area contributed by atoms with Crippen LogP contribution in [0.15, 0.2) is 39.3 Å². The number of hydrogen-bond donors (Lipinski definition) is 0. The van der Waals surface area contributed by atoms with E-state index in [1.165, 1.54) is 0 Å². The van der Waals surface area contributed by atoms with E-state index in [2.05, 4.69) is 15.4 Å². The molecule has 1 aliphatic heterocycles.